The van der Waals surface area contributed by atoms with Crippen molar-refractivity contribution in [3.63, 3.8) is 0 Å². The molecule has 1 aliphatic rings. The zero-order chi connectivity index (χ0) is 17.8. The van der Waals surface area contributed by atoms with Gasteiger partial charge in [0.25, 0.3) is 0 Å². The van der Waals surface area contributed by atoms with Gasteiger partial charge in [-0.05, 0) is 20.3 Å². The van der Waals surface area contributed by atoms with Gasteiger partial charge in [-0.15, -0.1) is 0 Å². The van der Waals surface area contributed by atoms with Gasteiger partial charge < -0.3 is 14.2 Å². The van der Waals surface area contributed by atoms with Crippen LogP contribution in [0.1, 0.15) is 40.0 Å². The summed E-state index contributed by atoms with van der Waals surface area (Å²) >= 11 is 0. The first-order valence-corrected chi connectivity index (χ1v) is 7.13. The lowest BCUT2D eigenvalue weighted by atomic mass is 9.84. The molecule has 0 spiro atoms. The molecule has 3 unspecified atom stereocenters. The maximum atomic E-state index is 12.5. The van der Waals surface area contributed by atoms with Crippen LogP contribution in [0.4, 0.5) is 13.2 Å². The molecule has 0 amide bonds. The molecule has 3 atom stereocenters. The van der Waals surface area contributed by atoms with Crippen LogP contribution in [-0.4, -0.2) is 42.9 Å². The molecule has 0 aromatic rings. The van der Waals surface area contributed by atoms with Crippen LogP contribution in [0.15, 0.2) is 0 Å². The number of carbonyl (C=O) groups excluding carboxylic acids is 3. The standard InChI is InChI=1S/C14H19F3O6/c1-4-13(3,12(20)22-8(2)14(15,16)17)7-10(18)23-9-5-6-21-11(9)19/h8-9H,4-7H2,1-3H3. The lowest BCUT2D eigenvalue weighted by Crippen LogP contribution is -2.39. The third kappa shape index (κ3) is 5.11. The Morgan fingerprint density at radius 3 is 2.43 bits per heavy atom. The Morgan fingerprint density at radius 1 is 1.39 bits per heavy atom. The SMILES string of the molecule is CCC(C)(CC(=O)OC1CCOC1=O)C(=O)OC(C)C(F)(F)F. The van der Waals surface area contributed by atoms with Crippen LogP contribution in [0.5, 0.6) is 0 Å². The molecule has 0 N–H and O–H groups in total. The number of hydrogen-bond donors (Lipinski definition) is 0. The first kappa shape index (κ1) is 19.2. The van der Waals surface area contributed by atoms with E-state index < -0.39 is 48.1 Å². The van der Waals surface area contributed by atoms with Crippen LogP contribution in [0, 0.1) is 5.41 Å². The van der Waals surface area contributed by atoms with Crippen LogP contribution in [0.3, 0.4) is 0 Å². The van der Waals surface area contributed by atoms with Crippen molar-refractivity contribution in [2.24, 2.45) is 5.41 Å². The maximum Gasteiger partial charge on any atom is 0.425 e. The van der Waals surface area contributed by atoms with Gasteiger partial charge in [-0.1, -0.05) is 6.92 Å². The molecule has 0 aliphatic carbocycles. The molecule has 1 rings (SSSR count). The summed E-state index contributed by atoms with van der Waals surface area (Å²) in [5, 5.41) is 0. The molecular formula is C14H19F3O6. The summed E-state index contributed by atoms with van der Waals surface area (Å²) in [7, 11) is 0. The highest BCUT2D eigenvalue weighted by Crippen LogP contribution is 2.32. The van der Waals surface area contributed by atoms with Gasteiger partial charge >= 0.3 is 24.1 Å². The second kappa shape index (κ2) is 7.18. The molecule has 0 saturated carbocycles. The van der Waals surface area contributed by atoms with Gasteiger partial charge in [0, 0.05) is 6.42 Å². The predicted octanol–water partition coefficient (Wildman–Crippen LogP) is 2.15. The normalized spacial score (nSPS) is 22.0. The number of carbonyl (C=O) groups is 3. The summed E-state index contributed by atoms with van der Waals surface area (Å²) in [5.74, 6) is -2.68. The smallest absolute Gasteiger partial charge is 0.425 e. The molecule has 0 radical (unpaired) electrons. The maximum absolute atomic E-state index is 12.5. The first-order chi connectivity index (χ1) is 10.5. The molecule has 1 aliphatic heterocycles. The van der Waals surface area contributed by atoms with Gasteiger partial charge in [0.05, 0.1) is 18.4 Å². The van der Waals surface area contributed by atoms with E-state index in [2.05, 4.69) is 9.47 Å². The second-order valence-electron chi connectivity index (χ2n) is 5.61. The third-order valence-electron chi connectivity index (χ3n) is 3.71. The van der Waals surface area contributed by atoms with Crippen LogP contribution >= 0.6 is 0 Å². The fraction of sp³-hybridized carbons (Fsp3) is 0.786. The lowest BCUT2D eigenvalue weighted by Gasteiger charge is -2.27. The van der Waals surface area contributed by atoms with E-state index in [4.69, 9.17) is 4.74 Å². The predicted molar refractivity (Wildman–Crippen MR) is 70.1 cm³/mol. The molecule has 1 fully saturated rings. The van der Waals surface area contributed by atoms with E-state index in [1.165, 1.54) is 13.8 Å². The summed E-state index contributed by atoms with van der Waals surface area (Å²) < 4.78 is 51.3. The van der Waals surface area contributed by atoms with Crippen molar-refractivity contribution in [3.05, 3.63) is 0 Å². The summed E-state index contributed by atoms with van der Waals surface area (Å²) in [6.07, 6.45) is -8.20. The quantitative estimate of drug-likeness (QED) is 0.544. The highest BCUT2D eigenvalue weighted by molar-refractivity contribution is 5.85. The van der Waals surface area contributed by atoms with Crippen molar-refractivity contribution in [2.45, 2.75) is 58.4 Å². The van der Waals surface area contributed by atoms with E-state index in [1.807, 2.05) is 0 Å². The van der Waals surface area contributed by atoms with Crippen LogP contribution in [-0.2, 0) is 28.6 Å². The van der Waals surface area contributed by atoms with Crippen molar-refractivity contribution in [1.29, 1.82) is 0 Å². The molecule has 1 heterocycles. The molecule has 6 nitrogen and oxygen atoms in total. The lowest BCUT2D eigenvalue weighted by molar-refractivity contribution is -0.222. The van der Waals surface area contributed by atoms with Gasteiger partial charge in [-0.25, -0.2) is 4.79 Å². The monoisotopic (exact) mass is 340 g/mol. The minimum Gasteiger partial charge on any atom is -0.463 e. The summed E-state index contributed by atoms with van der Waals surface area (Å²) in [6.45, 7) is 3.69. The van der Waals surface area contributed by atoms with Gasteiger partial charge in [-0.2, -0.15) is 13.2 Å². The number of alkyl halides is 3. The van der Waals surface area contributed by atoms with Gasteiger partial charge in [0.2, 0.25) is 6.10 Å². The van der Waals surface area contributed by atoms with E-state index in [1.54, 1.807) is 0 Å². The largest absolute Gasteiger partial charge is 0.463 e. The topological polar surface area (TPSA) is 78.9 Å². The average molecular weight is 340 g/mol. The Hall–Kier alpha value is -1.80. The highest BCUT2D eigenvalue weighted by atomic mass is 19.4. The Labute approximate surface area is 131 Å². The molecule has 0 aromatic carbocycles. The number of rotatable bonds is 6. The van der Waals surface area contributed by atoms with Crippen molar-refractivity contribution >= 4 is 17.9 Å². The van der Waals surface area contributed by atoms with Gasteiger partial charge in [-0.3, -0.25) is 9.59 Å². The molecule has 1 saturated heterocycles. The van der Waals surface area contributed by atoms with Crippen molar-refractivity contribution in [3.8, 4) is 0 Å². The Balaban J connectivity index is 2.66. The van der Waals surface area contributed by atoms with Crippen LogP contribution < -0.4 is 0 Å². The first-order valence-electron chi connectivity index (χ1n) is 7.13. The third-order valence-corrected chi connectivity index (χ3v) is 3.71. The van der Waals surface area contributed by atoms with Crippen LogP contribution in [0.2, 0.25) is 0 Å². The number of hydrogen-bond acceptors (Lipinski definition) is 6. The number of cyclic esters (lactones) is 1. The van der Waals surface area contributed by atoms with Gasteiger partial charge in [0.1, 0.15) is 0 Å². The van der Waals surface area contributed by atoms with E-state index in [0.717, 1.165) is 0 Å². The van der Waals surface area contributed by atoms with E-state index >= 15 is 0 Å². The van der Waals surface area contributed by atoms with E-state index in [-0.39, 0.29) is 19.4 Å². The Kier molecular flexibility index (Phi) is 6.01. The zero-order valence-corrected chi connectivity index (χ0v) is 13.1. The molecule has 0 aromatic heterocycles. The second-order valence-corrected chi connectivity index (χ2v) is 5.61. The zero-order valence-electron chi connectivity index (χ0n) is 13.1. The fourth-order valence-corrected chi connectivity index (χ4v) is 1.81. The molecule has 0 bridgehead atoms. The highest BCUT2D eigenvalue weighted by Gasteiger charge is 2.44. The van der Waals surface area contributed by atoms with Crippen LogP contribution in [0.25, 0.3) is 0 Å². The van der Waals surface area contributed by atoms with E-state index in [9.17, 15) is 27.6 Å². The summed E-state index contributed by atoms with van der Waals surface area (Å²) in [6, 6.07) is 0. The fourth-order valence-electron chi connectivity index (χ4n) is 1.81. The Morgan fingerprint density at radius 2 is 2.00 bits per heavy atom. The Bertz CT molecular complexity index is 476. The number of ether oxygens (including phenoxy) is 3. The van der Waals surface area contributed by atoms with Gasteiger partial charge in [0.15, 0.2) is 6.10 Å². The van der Waals surface area contributed by atoms with Crippen molar-refractivity contribution < 1.29 is 41.8 Å². The number of esters is 3. The van der Waals surface area contributed by atoms with E-state index in [0.29, 0.717) is 6.92 Å². The minimum atomic E-state index is -4.68. The minimum absolute atomic E-state index is 0.0701. The van der Waals surface area contributed by atoms with Crippen molar-refractivity contribution in [2.75, 3.05) is 6.61 Å². The molecule has 132 valence electrons. The molecule has 23 heavy (non-hydrogen) atoms. The molecular weight excluding hydrogens is 321 g/mol. The number of halogens is 3. The molecule has 9 heteroatoms. The van der Waals surface area contributed by atoms with Crippen molar-refractivity contribution in [1.82, 2.24) is 0 Å². The summed E-state index contributed by atoms with van der Waals surface area (Å²) in [5.41, 5.74) is -1.47. The summed E-state index contributed by atoms with van der Waals surface area (Å²) in [4.78, 5) is 35.0. The average Bonchev–Trinajstić information content (AvgIpc) is 2.82.